The van der Waals surface area contributed by atoms with Gasteiger partial charge in [-0.3, -0.25) is 25.0 Å². The Kier molecular flexibility index (Phi) is 6.03. The number of methoxy groups -OCH3 is 1. The van der Waals surface area contributed by atoms with Crippen LogP contribution in [-0.4, -0.2) is 44.6 Å². The second-order valence-corrected chi connectivity index (χ2v) is 9.71. The Labute approximate surface area is 195 Å². The summed E-state index contributed by atoms with van der Waals surface area (Å²) in [6.07, 6.45) is 4.43. The zero-order valence-corrected chi connectivity index (χ0v) is 19.9. The summed E-state index contributed by atoms with van der Waals surface area (Å²) in [4.78, 5) is 40.9. The molecular weight excluding hydrogens is 442 g/mol. The Morgan fingerprint density at radius 3 is 2.67 bits per heavy atom. The Balaban J connectivity index is 1.53. The fraction of sp³-hybridized carbons (Fsp3) is 0.348. The van der Waals surface area contributed by atoms with Crippen LogP contribution in [0.5, 0.6) is 5.75 Å². The van der Waals surface area contributed by atoms with Gasteiger partial charge in [-0.25, -0.2) is 9.78 Å². The standard InChI is InChI=1S/C23H25N5O4S/c1-13-8-15(14-6-7-24-10-18(14)31-5)16(9-25-13)20(29)27-21-26-17-11-28(12-19(17)33-21)22(30)32-23(2,3)4/h6-10H,11-12H2,1-5H3,(H,26,27,29). The quantitative estimate of drug-likeness (QED) is 0.605. The number of aryl methyl sites for hydroxylation is 1. The minimum atomic E-state index is -0.559. The Bertz CT molecular complexity index is 1190. The first kappa shape index (κ1) is 22.7. The van der Waals surface area contributed by atoms with Crippen molar-refractivity contribution in [3.05, 3.63) is 52.6 Å². The largest absolute Gasteiger partial charge is 0.494 e. The van der Waals surface area contributed by atoms with Gasteiger partial charge in [-0.05, 0) is 39.8 Å². The predicted molar refractivity (Wildman–Crippen MR) is 124 cm³/mol. The first-order valence-electron chi connectivity index (χ1n) is 10.4. The van der Waals surface area contributed by atoms with Crippen LogP contribution in [0.2, 0.25) is 0 Å². The Hall–Kier alpha value is -3.53. The number of nitrogens with zero attached hydrogens (tertiary/aromatic N) is 4. The number of anilines is 1. The van der Waals surface area contributed by atoms with Gasteiger partial charge in [-0.1, -0.05) is 11.3 Å². The molecule has 0 radical (unpaired) electrons. The zero-order valence-electron chi connectivity index (χ0n) is 19.1. The number of nitrogens with one attached hydrogen (secondary N) is 1. The van der Waals surface area contributed by atoms with Crippen molar-refractivity contribution < 1.29 is 19.1 Å². The lowest BCUT2D eigenvalue weighted by Crippen LogP contribution is -2.33. The lowest BCUT2D eigenvalue weighted by atomic mass is 10.0. The van der Waals surface area contributed by atoms with E-state index in [0.717, 1.165) is 21.8 Å². The molecule has 9 nitrogen and oxygen atoms in total. The minimum Gasteiger partial charge on any atom is -0.494 e. The summed E-state index contributed by atoms with van der Waals surface area (Å²) in [5.74, 6) is 0.236. The number of amides is 2. The fourth-order valence-electron chi connectivity index (χ4n) is 3.44. The molecule has 0 spiro atoms. The van der Waals surface area contributed by atoms with E-state index in [9.17, 15) is 9.59 Å². The molecule has 4 rings (SSSR count). The summed E-state index contributed by atoms with van der Waals surface area (Å²) in [6, 6.07) is 3.64. The van der Waals surface area contributed by atoms with Crippen LogP contribution in [0.3, 0.4) is 0 Å². The van der Waals surface area contributed by atoms with Crippen LogP contribution in [0.25, 0.3) is 11.1 Å². The van der Waals surface area contributed by atoms with E-state index in [4.69, 9.17) is 9.47 Å². The van der Waals surface area contributed by atoms with Gasteiger partial charge in [-0.15, -0.1) is 0 Å². The molecule has 3 aromatic rings. The summed E-state index contributed by atoms with van der Waals surface area (Å²) in [5, 5.41) is 3.35. The average Bonchev–Trinajstić information content (AvgIpc) is 3.31. The van der Waals surface area contributed by atoms with Crippen molar-refractivity contribution in [1.82, 2.24) is 19.9 Å². The van der Waals surface area contributed by atoms with Crippen molar-refractivity contribution in [2.45, 2.75) is 46.4 Å². The summed E-state index contributed by atoms with van der Waals surface area (Å²) >= 11 is 1.35. The van der Waals surface area contributed by atoms with Gasteiger partial charge in [0.05, 0.1) is 42.5 Å². The number of rotatable bonds is 4. The lowest BCUT2D eigenvalue weighted by molar-refractivity contribution is 0.0241. The summed E-state index contributed by atoms with van der Waals surface area (Å²) in [5.41, 5.74) is 2.82. The van der Waals surface area contributed by atoms with Crippen molar-refractivity contribution in [2.24, 2.45) is 0 Å². The van der Waals surface area contributed by atoms with Gasteiger partial charge in [0, 0.05) is 29.2 Å². The molecule has 2 amide bonds. The first-order valence-corrected chi connectivity index (χ1v) is 11.2. The van der Waals surface area contributed by atoms with E-state index in [-0.39, 0.29) is 12.0 Å². The van der Waals surface area contributed by atoms with Crippen LogP contribution >= 0.6 is 11.3 Å². The number of hydrogen-bond donors (Lipinski definition) is 1. The number of thiazole rings is 1. The molecule has 0 unspecified atom stereocenters. The summed E-state index contributed by atoms with van der Waals surface area (Å²) in [7, 11) is 1.56. The topological polar surface area (TPSA) is 107 Å². The third-order valence-electron chi connectivity index (χ3n) is 4.91. The highest BCUT2D eigenvalue weighted by Crippen LogP contribution is 2.34. The number of ether oxygens (including phenoxy) is 2. The van der Waals surface area contributed by atoms with E-state index in [1.165, 1.54) is 11.3 Å². The second kappa shape index (κ2) is 8.78. The van der Waals surface area contributed by atoms with Crippen molar-refractivity contribution in [3.8, 4) is 16.9 Å². The van der Waals surface area contributed by atoms with E-state index in [2.05, 4.69) is 20.3 Å². The number of carbonyl (C=O) groups is 2. The molecule has 1 aliphatic rings. The molecule has 172 valence electrons. The number of hydrogen-bond acceptors (Lipinski definition) is 8. The molecule has 1 N–H and O–H groups in total. The van der Waals surface area contributed by atoms with E-state index in [1.807, 2.05) is 33.8 Å². The van der Waals surface area contributed by atoms with Gasteiger partial charge >= 0.3 is 6.09 Å². The van der Waals surface area contributed by atoms with Gasteiger partial charge in [0.15, 0.2) is 5.13 Å². The molecular formula is C23H25N5O4S. The highest BCUT2D eigenvalue weighted by Gasteiger charge is 2.31. The average molecular weight is 468 g/mol. The maximum atomic E-state index is 13.1. The molecule has 0 fully saturated rings. The van der Waals surface area contributed by atoms with Crippen LogP contribution in [0.15, 0.2) is 30.7 Å². The molecule has 0 atom stereocenters. The molecule has 33 heavy (non-hydrogen) atoms. The van der Waals surface area contributed by atoms with Gasteiger partial charge in [0.2, 0.25) is 0 Å². The van der Waals surface area contributed by atoms with E-state index >= 15 is 0 Å². The van der Waals surface area contributed by atoms with Crippen LogP contribution in [0.4, 0.5) is 9.93 Å². The monoisotopic (exact) mass is 467 g/mol. The van der Waals surface area contributed by atoms with E-state index in [1.54, 1.807) is 36.7 Å². The molecule has 0 saturated heterocycles. The van der Waals surface area contributed by atoms with Crippen LogP contribution < -0.4 is 10.1 Å². The maximum absolute atomic E-state index is 13.1. The smallest absolute Gasteiger partial charge is 0.410 e. The van der Waals surface area contributed by atoms with Crippen molar-refractivity contribution >= 4 is 28.5 Å². The molecule has 0 aromatic carbocycles. The zero-order chi connectivity index (χ0) is 23.8. The van der Waals surface area contributed by atoms with Crippen molar-refractivity contribution in [2.75, 3.05) is 12.4 Å². The maximum Gasteiger partial charge on any atom is 0.410 e. The van der Waals surface area contributed by atoms with Crippen LogP contribution in [0, 0.1) is 6.92 Å². The van der Waals surface area contributed by atoms with E-state index in [0.29, 0.717) is 35.1 Å². The summed E-state index contributed by atoms with van der Waals surface area (Å²) in [6.45, 7) is 8.11. The van der Waals surface area contributed by atoms with Gasteiger partial charge in [-0.2, -0.15) is 0 Å². The normalized spacial score (nSPS) is 12.9. The third kappa shape index (κ3) is 4.95. The molecule has 0 aliphatic carbocycles. The van der Waals surface area contributed by atoms with Crippen LogP contribution in [0.1, 0.15) is 47.4 Å². The lowest BCUT2D eigenvalue weighted by Gasteiger charge is -2.24. The highest BCUT2D eigenvalue weighted by molar-refractivity contribution is 7.16. The van der Waals surface area contributed by atoms with E-state index < -0.39 is 5.60 Å². The van der Waals surface area contributed by atoms with Gasteiger partial charge < -0.3 is 9.47 Å². The minimum absolute atomic E-state index is 0.326. The molecule has 0 bridgehead atoms. The third-order valence-corrected chi connectivity index (χ3v) is 5.90. The Morgan fingerprint density at radius 1 is 1.18 bits per heavy atom. The second-order valence-electron chi connectivity index (χ2n) is 8.63. The molecule has 10 heteroatoms. The summed E-state index contributed by atoms with van der Waals surface area (Å²) < 4.78 is 10.9. The fourth-order valence-corrected chi connectivity index (χ4v) is 4.42. The molecule has 1 aliphatic heterocycles. The van der Waals surface area contributed by atoms with Crippen molar-refractivity contribution in [3.63, 3.8) is 0 Å². The highest BCUT2D eigenvalue weighted by atomic mass is 32.1. The first-order chi connectivity index (χ1) is 15.6. The number of carbonyl (C=O) groups excluding carboxylic acids is 2. The van der Waals surface area contributed by atoms with Gasteiger partial charge in [0.25, 0.3) is 5.91 Å². The number of aromatic nitrogens is 3. The number of fused-ring (bicyclic) bond motifs is 1. The predicted octanol–water partition coefficient (Wildman–Crippen LogP) is 4.42. The number of pyridine rings is 2. The molecule has 0 saturated carbocycles. The Morgan fingerprint density at radius 2 is 1.97 bits per heavy atom. The van der Waals surface area contributed by atoms with Crippen LogP contribution in [-0.2, 0) is 17.8 Å². The molecule has 3 aromatic heterocycles. The SMILES string of the molecule is COc1cnccc1-c1cc(C)ncc1C(=O)Nc1nc2c(s1)CN(C(=O)OC(C)(C)C)C2. The molecule has 4 heterocycles. The van der Waals surface area contributed by atoms with Crippen molar-refractivity contribution in [1.29, 1.82) is 0 Å². The van der Waals surface area contributed by atoms with Gasteiger partial charge in [0.1, 0.15) is 11.4 Å².